The number of amides is 2. The Morgan fingerprint density at radius 2 is 1.61 bits per heavy atom. The summed E-state index contributed by atoms with van der Waals surface area (Å²) in [6.07, 6.45) is 0. The predicted molar refractivity (Wildman–Crippen MR) is 103 cm³/mol. The highest BCUT2D eigenvalue weighted by Crippen LogP contribution is 2.24. The fourth-order valence-electron chi connectivity index (χ4n) is 2.47. The van der Waals surface area contributed by atoms with Gasteiger partial charge in [0.05, 0.1) is 0 Å². The molecule has 28 heavy (non-hydrogen) atoms. The van der Waals surface area contributed by atoms with Gasteiger partial charge in [0, 0.05) is 12.1 Å². The number of alkyl halides is 1. The van der Waals surface area contributed by atoms with Crippen LogP contribution in [0.4, 0.5) is 5.69 Å². The van der Waals surface area contributed by atoms with Crippen LogP contribution in [0.1, 0.15) is 32.2 Å². The Hall–Kier alpha value is -3.45. The molecule has 0 aliphatic heterocycles. The average Bonchev–Trinajstić information content (AvgIpc) is 3.16. The summed E-state index contributed by atoms with van der Waals surface area (Å²) in [5.74, 6) is -2.29. The van der Waals surface area contributed by atoms with Crippen LogP contribution in [0.25, 0.3) is 0 Å². The molecule has 0 bridgehead atoms. The second-order valence-corrected chi connectivity index (χ2v) is 6.05. The van der Waals surface area contributed by atoms with E-state index in [9.17, 15) is 14.4 Å². The van der Waals surface area contributed by atoms with Gasteiger partial charge in [-0.15, -0.1) is 11.6 Å². The largest absolute Gasteiger partial charge is 0.350 e. The third-order valence-electron chi connectivity index (χ3n) is 3.83. The van der Waals surface area contributed by atoms with Crippen molar-refractivity contribution in [3.05, 3.63) is 83.2 Å². The maximum Gasteiger partial charge on any atom is 0.275 e. The second kappa shape index (κ2) is 8.96. The topological polar surface area (TPSA) is 101 Å². The van der Waals surface area contributed by atoms with Crippen LogP contribution < -0.4 is 10.6 Å². The van der Waals surface area contributed by atoms with Crippen molar-refractivity contribution in [3.63, 3.8) is 0 Å². The van der Waals surface area contributed by atoms with Crippen LogP contribution in [0.3, 0.4) is 0 Å². The normalized spacial score (nSPS) is 10.3. The second-order valence-electron chi connectivity index (χ2n) is 5.78. The summed E-state index contributed by atoms with van der Waals surface area (Å²) in [4.78, 5) is 37.0. The van der Waals surface area contributed by atoms with Gasteiger partial charge in [-0.05, 0) is 5.56 Å². The van der Waals surface area contributed by atoms with Gasteiger partial charge in [0.1, 0.15) is 11.6 Å². The van der Waals surface area contributed by atoms with Gasteiger partial charge in [-0.3, -0.25) is 14.4 Å². The van der Waals surface area contributed by atoms with Crippen molar-refractivity contribution in [3.8, 4) is 0 Å². The highest BCUT2D eigenvalue weighted by molar-refractivity contribution is 6.29. The number of carbonyl (C=O) groups excluding carboxylic acids is 3. The number of nitrogens with one attached hydrogen (secondary N) is 2. The zero-order valence-corrected chi connectivity index (χ0v) is 15.4. The fourth-order valence-corrected chi connectivity index (χ4v) is 2.54. The molecule has 0 saturated carbocycles. The Kier molecular flexibility index (Phi) is 6.18. The van der Waals surface area contributed by atoms with Gasteiger partial charge in [-0.2, -0.15) is 0 Å². The summed E-state index contributed by atoms with van der Waals surface area (Å²) in [7, 11) is 0. The van der Waals surface area contributed by atoms with E-state index in [0.29, 0.717) is 5.56 Å². The lowest BCUT2D eigenvalue weighted by atomic mass is 10.1. The molecule has 3 rings (SSSR count). The maximum atomic E-state index is 12.7. The number of hydrogen-bond acceptors (Lipinski definition) is 5. The Morgan fingerprint density at radius 1 is 0.964 bits per heavy atom. The number of anilines is 1. The monoisotopic (exact) mass is 397 g/mol. The summed E-state index contributed by atoms with van der Waals surface area (Å²) in [5.41, 5.74) is 0.904. The molecular weight excluding hydrogens is 382 g/mol. The maximum absolute atomic E-state index is 12.7. The first-order valence-electron chi connectivity index (χ1n) is 8.37. The molecule has 0 radical (unpaired) electrons. The lowest BCUT2D eigenvalue weighted by Gasteiger charge is -2.06. The van der Waals surface area contributed by atoms with Crippen molar-refractivity contribution < 1.29 is 18.9 Å². The van der Waals surface area contributed by atoms with E-state index >= 15 is 0 Å². The number of halogens is 1. The van der Waals surface area contributed by atoms with Gasteiger partial charge in [0.2, 0.25) is 17.5 Å². The van der Waals surface area contributed by atoms with Crippen LogP contribution in [0.2, 0.25) is 0 Å². The van der Waals surface area contributed by atoms with E-state index < -0.39 is 17.6 Å². The van der Waals surface area contributed by atoms with Crippen molar-refractivity contribution in [1.29, 1.82) is 0 Å². The molecule has 7 nitrogen and oxygen atoms in total. The number of benzene rings is 2. The first-order chi connectivity index (χ1) is 13.6. The molecule has 0 aliphatic carbocycles. The van der Waals surface area contributed by atoms with Gasteiger partial charge in [-0.1, -0.05) is 65.8 Å². The highest BCUT2D eigenvalue weighted by Gasteiger charge is 2.28. The number of rotatable bonds is 7. The third-order valence-corrected chi connectivity index (χ3v) is 4.07. The summed E-state index contributed by atoms with van der Waals surface area (Å²) in [6, 6.07) is 17.6. The first kappa shape index (κ1) is 19.3. The predicted octanol–water partition coefficient (Wildman–Crippen LogP) is 3.01. The Bertz CT molecular complexity index is 987. The Morgan fingerprint density at radius 3 is 2.25 bits per heavy atom. The molecule has 0 aliphatic rings. The fraction of sp³-hybridized carbons (Fsp3) is 0.100. The van der Waals surface area contributed by atoms with Crippen molar-refractivity contribution in [2.75, 3.05) is 11.2 Å². The van der Waals surface area contributed by atoms with Crippen molar-refractivity contribution in [1.82, 2.24) is 10.5 Å². The molecule has 8 heteroatoms. The van der Waals surface area contributed by atoms with Gasteiger partial charge < -0.3 is 15.2 Å². The summed E-state index contributed by atoms with van der Waals surface area (Å²) < 4.78 is 5.11. The van der Waals surface area contributed by atoms with Gasteiger partial charge in [0.15, 0.2) is 5.69 Å². The lowest BCUT2D eigenvalue weighted by Crippen LogP contribution is -2.25. The molecule has 0 fully saturated rings. The summed E-state index contributed by atoms with van der Waals surface area (Å²) >= 11 is 5.54. The van der Waals surface area contributed by atoms with E-state index in [4.69, 9.17) is 16.1 Å². The highest BCUT2D eigenvalue weighted by atomic mass is 35.5. The zero-order valence-electron chi connectivity index (χ0n) is 14.6. The Labute approximate surface area is 165 Å². The van der Waals surface area contributed by atoms with E-state index in [0.717, 1.165) is 5.56 Å². The van der Waals surface area contributed by atoms with Crippen LogP contribution in [-0.2, 0) is 11.3 Å². The van der Waals surface area contributed by atoms with Crippen LogP contribution in [0.5, 0.6) is 0 Å². The molecule has 0 spiro atoms. The minimum Gasteiger partial charge on any atom is -0.350 e. The van der Waals surface area contributed by atoms with Crippen LogP contribution in [-0.4, -0.2) is 28.6 Å². The standard InChI is InChI=1S/C20H16ClN3O4/c21-11-15(25)23-16-17(20(27)22-12-13-7-3-1-4-8-13)24-28-19(16)18(26)14-9-5-2-6-10-14/h1-10H,11-12H2,(H,22,27)(H,23,25). The molecule has 2 aromatic carbocycles. The Balaban J connectivity index is 1.88. The molecule has 3 aromatic rings. The van der Waals surface area contributed by atoms with Crippen LogP contribution in [0.15, 0.2) is 65.2 Å². The van der Waals surface area contributed by atoms with Gasteiger partial charge in [0.25, 0.3) is 5.91 Å². The van der Waals surface area contributed by atoms with E-state index in [1.54, 1.807) is 30.3 Å². The van der Waals surface area contributed by atoms with Gasteiger partial charge >= 0.3 is 0 Å². The molecule has 0 saturated heterocycles. The SMILES string of the molecule is O=C(CCl)Nc1c(C(=O)NCc2ccccc2)noc1C(=O)c1ccccc1. The minimum atomic E-state index is -0.593. The molecule has 1 heterocycles. The number of hydrogen-bond donors (Lipinski definition) is 2. The number of carbonyl (C=O) groups is 3. The number of nitrogens with zero attached hydrogens (tertiary/aromatic N) is 1. The van der Waals surface area contributed by atoms with Crippen LogP contribution >= 0.6 is 11.6 Å². The molecule has 0 unspecified atom stereocenters. The summed E-state index contributed by atoms with van der Waals surface area (Å²) in [5, 5.41) is 8.81. The molecule has 2 amide bonds. The number of aromatic nitrogens is 1. The van der Waals surface area contributed by atoms with E-state index in [1.807, 2.05) is 30.3 Å². The van der Waals surface area contributed by atoms with E-state index in [2.05, 4.69) is 15.8 Å². The minimum absolute atomic E-state index is 0.106. The number of ketones is 1. The lowest BCUT2D eigenvalue weighted by molar-refractivity contribution is -0.113. The van der Waals surface area contributed by atoms with Crippen molar-refractivity contribution in [2.24, 2.45) is 0 Å². The van der Waals surface area contributed by atoms with Crippen LogP contribution in [0, 0.1) is 0 Å². The third kappa shape index (κ3) is 4.44. The zero-order chi connectivity index (χ0) is 19.9. The summed E-state index contributed by atoms with van der Waals surface area (Å²) in [6.45, 7) is 0.247. The molecule has 2 N–H and O–H groups in total. The molecular formula is C20H16ClN3O4. The smallest absolute Gasteiger partial charge is 0.275 e. The van der Waals surface area contributed by atoms with E-state index in [1.165, 1.54) is 0 Å². The van der Waals surface area contributed by atoms with Crippen molar-refractivity contribution in [2.45, 2.75) is 6.54 Å². The molecule has 0 atom stereocenters. The first-order valence-corrected chi connectivity index (χ1v) is 8.91. The molecule has 1 aromatic heterocycles. The van der Waals surface area contributed by atoms with E-state index in [-0.39, 0.29) is 29.6 Å². The van der Waals surface area contributed by atoms with Gasteiger partial charge in [-0.25, -0.2) is 0 Å². The molecule has 142 valence electrons. The van der Waals surface area contributed by atoms with Crippen molar-refractivity contribution >= 4 is 34.9 Å². The quantitative estimate of drug-likeness (QED) is 0.471. The average molecular weight is 398 g/mol.